The van der Waals surface area contributed by atoms with Gasteiger partial charge in [-0.1, -0.05) is 35.5 Å². The summed E-state index contributed by atoms with van der Waals surface area (Å²) in [6, 6.07) is 10.5. The summed E-state index contributed by atoms with van der Waals surface area (Å²) < 4.78 is 4.85. The van der Waals surface area contributed by atoms with Crippen molar-refractivity contribution in [1.82, 2.24) is 10.5 Å². The molecule has 1 unspecified atom stereocenters. The van der Waals surface area contributed by atoms with Crippen molar-refractivity contribution in [1.29, 1.82) is 0 Å². The third-order valence-corrected chi connectivity index (χ3v) is 2.75. The average Bonchev–Trinajstić information content (AvgIpc) is 2.84. The molecule has 2 rings (SSSR count). The van der Waals surface area contributed by atoms with Crippen molar-refractivity contribution in [2.45, 2.75) is 19.4 Å². The first-order valence-electron chi connectivity index (χ1n) is 6.33. The Bertz CT molecular complexity index is 554. The fourth-order valence-electron chi connectivity index (χ4n) is 1.82. The van der Waals surface area contributed by atoms with Crippen LogP contribution in [-0.2, 0) is 6.42 Å². The van der Waals surface area contributed by atoms with E-state index in [-0.39, 0.29) is 12.6 Å². The molecule has 1 aromatic heterocycles. The van der Waals surface area contributed by atoms with Gasteiger partial charge >= 0.3 is 6.03 Å². The van der Waals surface area contributed by atoms with Crippen molar-refractivity contribution < 1.29 is 14.4 Å². The van der Waals surface area contributed by atoms with Crippen LogP contribution >= 0.6 is 0 Å². The molecule has 0 spiro atoms. The maximum Gasteiger partial charge on any atom is 0.320 e. The fourth-order valence-corrected chi connectivity index (χ4v) is 1.82. The van der Waals surface area contributed by atoms with Crippen LogP contribution in [0.1, 0.15) is 11.3 Å². The molecule has 0 aliphatic rings. The van der Waals surface area contributed by atoms with E-state index in [2.05, 4.69) is 15.8 Å². The van der Waals surface area contributed by atoms with Gasteiger partial charge in [0.1, 0.15) is 5.76 Å². The van der Waals surface area contributed by atoms with Crippen molar-refractivity contribution in [2.75, 3.05) is 11.9 Å². The summed E-state index contributed by atoms with van der Waals surface area (Å²) in [6.07, 6.45) is 0.558. The Morgan fingerprint density at radius 1 is 1.40 bits per heavy atom. The summed E-state index contributed by atoms with van der Waals surface area (Å²) in [5.74, 6) is 0.958. The molecule has 2 amide bonds. The number of aromatic nitrogens is 1. The summed E-state index contributed by atoms with van der Waals surface area (Å²) in [5, 5.41) is 18.2. The molecular formula is C14H17N3O3. The monoisotopic (exact) mass is 275 g/mol. The first-order valence-corrected chi connectivity index (χ1v) is 6.33. The van der Waals surface area contributed by atoms with Crippen molar-refractivity contribution in [3.8, 4) is 0 Å². The first-order chi connectivity index (χ1) is 9.67. The lowest BCUT2D eigenvalue weighted by Crippen LogP contribution is -2.41. The molecule has 1 atom stereocenters. The smallest absolute Gasteiger partial charge is 0.320 e. The number of amides is 2. The summed E-state index contributed by atoms with van der Waals surface area (Å²) in [4.78, 5) is 11.8. The van der Waals surface area contributed by atoms with Gasteiger partial charge in [0.25, 0.3) is 0 Å². The molecule has 106 valence electrons. The van der Waals surface area contributed by atoms with Crippen LogP contribution in [0.2, 0.25) is 0 Å². The van der Waals surface area contributed by atoms with Gasteiger partial charge in [0, 0.05) is 6.07 Å². The van der Waals surface area contributed by atoms with Crippen LogP contribution in [0.15, 0.2) is 40.9 Å². The number of aliphatic hydroxyl groups is 1. The Labute approximate surface area is 116 Å². The number of nitrogens with zero attached hydrogens (tertiary/aromatic N) is 1. The number of aliphatic hydroxyl groups excluding tert-OH is 1. The molecule has 2 aromatic rings. The number of anilines is 1. The molecule has 0 radical (unpaired) electrons. The predicted octanol–water partition coefficient (Wildman–Crippen LogP) is 1.71. The Morgan fingerprint density at radius 3 is 2.75 bits per heavy atom. The van der Waals surface area contributed by atoms with E-state index in [0.717, 1.165) is 5.56 Å². The molecule has 0 aliphatic heterocycles. The van der Waals surface area contributed by atoms with Gasteiger partial charge in [0.05, 0.1) is 12.6 Å². The zero-order valence-corrected chi connectivity index (χ0v) is 11.2. The predicted molar refractivity (Wildman–Crippen MR) is 74.4 cm³/mol. The van der Waals surface area contributed by atoms with Crippen LogP contribution in [-0.4, -0.2) is 28.9 Å². The van der Waals surface area contributed by atoms with Gasteiger partial charge in [0.15, 0.2) is 5.82 Å². The highest BCUT2D eigenvalue weighted by molar-refractivity contribution is 5.88. The van der Waals surface area contributed by atoms with E-state index >= 15 is 0 Å². The lowest BCUT2D eigenvalue weighted by molar-refractivity contribution is 0.224. The molecule has 20 heavy (non-hydrogen) atoms. The van der Waals surface area contributed by atoms with Crippen molar-refractivity contribution in [2.24, 2.45) is 0 Å². The topological polar surface area (TPSA) is 87.4 Å². The number of nitrogens with one attached hydrogen (secondary N) is 2. The van der Waals surface area contributed by atoms with Crippen LogP contribution in [0.25, 0.3) is 0 Å². The molecule has 1 aromatic carbocycles. The Hall–Kier alpha value is -2.34. The van der Waals surface area contributed by atoms with Crippen LogP contribution in [0.5, 0.6) is 0 Å². The summed E-state index contributed by atoms with van der Waals surface area (Å²) in [6.45, 7) is 1.60. The zero-order chi connectivity index (χ0) is 14.4. The largest absolute Gasteiger partial charge is 0.394 e. The molecule has 6 nitrogen and oxygen atoms in total. The number of carbonyl (C=O) groups excluding carboxylic acids is 1. The van der Waals surface area contributed by atoms with Gasteiger partial charge in [-0.15, -0.1) is 0 Å². The normalized spacial score (nSPS) is 11.9. The van der Waals surface area contributed by atoms with E-state index in [1.54, 1.807) is 13.0 Å². The number of hydrogen-bond acceptors (Lipinski definition) is 4. The molecule has 3 N–H and O–H groups in total. The van der Waals surface area contributed by atoms with Gasteiger partial charge in [-0.3, -0.25) is 5.32 Å². The van der Waals surface area contributed by atoms with Gasteiger partial charge in [-0.25, -0.2) is 4.79 Å². The lowest BCUT2D eigenvalue weighted by atomic mass is 10.1. The van der Waals surface area contributed by atoms with Crippen molar-refractivity contribution >= 4 is 11.8 Å². The summed E-state index contributed by atoms with van der Waals surface area (Å²) >= 11 is 0. The highest BCUT2D eigenvalue weighted by Gasteiger charge is 2.13. The molecule has 1 heterocycles. The van der Waals surface area contributed by atoms with E-state index in [1.165, 1.54) is 0 Å². The molecule has 0 bridgehead atoms. The number of hydrogen-bond donors (Lipinski definition) is 3. The summed E-state index contributed by atoms with van der Waals surface area (Å²) in [7, 11) is 0. The molecule has 0 aliphatic carbocycles. The average molecular weight is 275 g/mol. The van der Waals surface area contributed by atoms with E-state index < -0.39 is 6.03 Å². The first kappa shape index (κ1) is 14.1. The number of benzene rings is 1. The Kier molecular flexibility index (Phi) is 4.73. The molecule has 0 fully saturated rings. The van der Waals surface area contributed by atoms with Crippen LogP contribution < -0.4 is 10.6 Å². The third-order valence-electron chi connectivity index (χ3n) is 2.75. The van der Waals surface area contributed by atoms with E-state index in [4.69, 9.17) is 4.52 Å². The molecular weight excluding hydrogens is 258 g/mol. The summed E-state index contributed by atoms with van der Waals surface area (Å²) in [5.41, 5.74) is 1.05. The van der Waals surface area contributed by atoms with Gasteiger partial charge in [0.2, 0.25) is 0 Å². The van der Waals surface area contributed by atoms with Crippen LogP contribution in [0.4, 0.5) is 10.6 Å². The highest BCUT2D eigenvalue weighted by Crippen LogP contribution is 2.07. The Morgan fingerprint density at radius 2 is 2.15 bits per heavy atom. The van der Waals surface area contributed by atoms with Crippen molar-refractivity contribution in [3.63, 3.8) is 0 Å². The standard InChI is InChI=1S/C14H17N3O3/c1-10-7-13(17-20-10)16-14(19)15-12(9-18)8-11-5-3-2-4-6-11/h2-7,12,18H,8-9H2,1H3,(H2,15,16,17,19). The minimum atomic E-state index is -0.423. The number of aryl methyl sites for hydroxylation is 1. The van der Waals surface area contributed by atoms with Crippen LogP contribution in [0.3, 0.4) is 0 Å². The second kappa shape index (κ2) is 6.72. The number of rotatable bonds is 5. The minimum absolute atomic E-state index is 0.139. The minimum Gasteiger partial charge on any atom is -0.394 e. The maximum absolute atomic E-state index is 11.8. The van der Waals surface area contributed by atoms with Crippen LogP contribution in [0, 0.1) is 6.92 Å². The molecule has 0 saturated carbocycles. The van der Waals surface area contributed by atoms with E-state index in [9.17, 15) is 9.90 Å². The fraction of sp³-hybridized carbons (Fsp3) is 0.286. The number of urea groups is 1. The van der Waals surface area contributed by atoms with E-state index in [0.29, 0.717) is 18.0 Å². The molecule has 0 saturated heterocycles. The number of carbonyl (C=O) groups is 1. The zero-order valence-electron chi connectivity index (χ0n) is 11.2. The SMILES string of the molecule is Cc1cc(NC(=O)NC(CO)Cc2ccccc2)no1. The van der Waals surface area contributed by atoms with Gasteiger partial charge in [-0.05, 0) is 18.9 Å². The highest BCUT2D eigenvalue weighted by atomic mass is 16.5. The third kappa shape index (κ3) is 4.10. The maximum atomic E-state index is 11.8. The quantitative estimate of drug-likeness (QED) is 0.775. The molecule has 6 heteroatoms. The Balaban J connectivity index is 1.88. The van der Waals surface area contributed by atoms with Crippen molar-refractivity contribution in [3.05, 3.63) is 47.7 Å². The van der Waals surface area contributed by atoms with Gasteiger partial charge < -0.3 is 14.9 Å². The lowest BCUT2D eigenvalue weighted by Gasteiger charge is -2.16. The second-order valence-electron chi connectivity index (χ2n) is 4.49. The van der Waals surface area contributed by atoms with Gasteiger partial charge in [-0.2, -0.15) is 0 Å². The van der Waals surface area contributed by atoms with E-state index in [1.807, 2.05) is 30.3 Å². The second-order valence-corrected chi connectivity index (χ2v) is 4.49.